The zero-order valence-electron chi connectivity index (χ0n) is 8.73. The number of sulfonamides is 1. The van der Waals surface area contributed by atoms with Crippen LogP contribution >= 0.6 is 0 Å². The predicted octanol–water partition coefficient (Wildman–Crippen LogP) is 0.475. The van der Waals surface area contributed by atoms with Crippen molar-refractivity contribution in [3.05, 3.63) is 0 Å². The Hall–Kier alpha value is -0.130. The summed E-state index contributed by atoms with van der Waals surface area (Å²) in [4.78, 5) is 0. The van der Waals surface area contributed by atoms with Gasteiger partial charge in [0.05, 0.1) is 5.25 Å². The zero-order valence-corrected chi connectivity index (χ0v) is 9.55. The summed E-state index contributed by atoms with van der Waals surface area (Å²) in [6.45, 7) is 3.93. The van der Waals surface area contributed by atoms with E-state index in [0.29, 0.717) is 6.42 Å². The van der Waals surface area contributed by atoms with E-state index < -0.39 is 10.0 Å². The van der Waals surface area contributed by atoms with Crippen LogP contribution in [-0.4, -0.2) is 31.4 Å². The second kappa shape index (κ2) is 4.59. The lowest BCUT2D eigenvalue weighted by atomic mass is 10.0. The minimum absolute atomic E-state index is 0.0238. The Bertz CT molecular complexity index is 270. The lowest BCUT2D eigenvalue weighted by Gasteiger charge is -2.21. The third-order valence-electron chi connectivity index (χ3n) is 2.52. The van der Waals surface area contributed by atoms with Crippen LogP contribution in [0.1, 0.15) is 33.1 Å². The Kier molecular flexibility index (Phi) is 3.92. The lowest BCUT2D eigenvalue weighted by Crippen LogP contribution is -2.40. The molecule has 5 heteroatoms. The molecule has 1 fully saturated rings. The minimum atomic E-state index is -3.11. The van der Waals surface area contributed by atoms with E-state index in [1.807, 2.05) is 13.8 Å². The number of aliphatic hydroxyl groups excluding tert-OH is 1. The highest BCUT2D eigenvalue weighted by Crippen LogP contribution is 2.28. The second-order valence-corrected chi connectivity index (χ2v) is 6.22. The summed E-state index contributed by atoms with van der Waals surface area (Å²) >= 11 is 0. The van der Waals surface area contributed by atoms with Crippen LogP contribution in [0, 0.1) is 5.92 Å². The van der Waals surface area contributed by atoms with Crippen LogP contribution in [-0.2, 0) is 10.0 Å². The molecule has 0 aromatic carbocycles. The molecule has 2 N–H and O–H groups in total. The molecule has 0 heterocycles. The molecule has 0 bridgehead atoms. The van der Waals surface area contributed by atoms with Gasteiger partial charge in [-0.05, 0) is 25.2 Å². The van der Waals surface area contributed by atoms with Gasteiger partial charge in [0.1, 0.15) is 0 Å². The summed E-state index contributed by atoms with van der Waals surface area (Å²) in [6, 6.07) is -0.134. The molecule has 0 radical (unpaired) electrons. The van der Waals surface area contributed by atoms with Crippen LogP contribution in [0.2, 0.25) is 0 Å². The Morgan fingerprint density at radius 3 is 2.36 bits per heavy atom. The SMILES string of the molecule is CC(C)C(CCO)NS(=O)(=O)C1CC1. The Labute approximate surface area is 85.8 Å². The molecule has 0 saturated heterocycles. The molecule has 1 rings (SSSR count). The highest BCUT2D eigenvalue weighted by Gasteiger charge is 2.37. The molecule has 14 heavy (non-hydrogen) atoms. The van der Waals surface area contributed by atoms with Gasteiger partial charge in [-0.2, -0.15) is 0 Å². The molecule has 1 unspecified atom stereocenters. The number of hydrogen-bond acceptors (Lipinski definition) is 3. The van der Waals surface area contributed by atoms with Crippen LogP contribution in [0.25, 0.3) is 0 Å². The summed E-state index contributed by atoms with van der Waals surface area (Å²) in [7, 11) is -3.11. The summed E-state index contributed by atoms with van der Waals surface area (Å²) in [5.41, 5.74) is 0. The zero-order chi connectivity index (χ0) is 10.8. The molecule has 0 aromatic rings. The fourth-order valence-electron chi connectivity index (χ4n) is 1.35. The average molecular weight is 221 g/mol. The average Bonchev–Trinajstić information content (AvgIpc) is 2.84. The maximum atomic E-state index is 11.6. The quantitative estimate of drug-likeness (QED) is 0.685. The number of hydrogen-bond donors (Lipinski definition) is 2. The topological polar surface area (TPSA) is 66.4 Å². The highest BCUT2D eigenvalue weighted by atomic mass is 32.2. The summed E-state index contributed by atoms with van der Waals surface area (Å²) in [6.07, 6.45) is 2.04. The molecule has 1 aliphatic rings. The Morgan fingerprint density at radius 2 is 2.00 bits per heavy atom. The van der Waals surface area contributed by atoms with Crippen molar-refractivity contribution in [2.24, 2.45) is 5.92 Å². The van der Waals surface area contributed by atoms with Crippen LogP contribution in [0.3, 0.4) is 0 Å². The van der Waals surface area contributed by atoms with Crippen LogP contribution < -0.4 is 4.72 Å². The molecule has 0 aliphatic heterocycles. The van der Waals surface area contributed by atoms with E-state index in [0.717, 1.165) is 12.8 Å². The molecule has 4 nitrogen and oxygen atoms in total. The molecule has 1 atom stereocenters. The van der Waals surface area contributed by atoms with Crippen LogP contribution in [0.15, 0.2) is 0 Å². The highest BCUT2D eigenvalue weighted by molar-refractivity contribution is 7.90. The molecule has 0 spiro atoms. The van der Waals surface area contributed by atoms with Crippen molar-refractivity contribution < 1.29 is 13.5 Å². The van der Waals surface area contributed by atoms with Gasteiger partial charge in [-0.3, -0.25) is 0 Å². The van der Waals surface area contributed by atoms with Crippen molar-refractivity contribution in [3.63, 3.8) is 0 Å². The van der Waals surface area contributed by atoms with Crippen molar-refractivity contribution in [2.75, 3.05) is 6.61 Å². The van der Waals surface area contributed by atoms with Crippen LogP contribution in [0.5, 0.6) is 0 Å². The van der Waals surface area contributed by atoms with E-state index in [-0.39, 0.29) is 23.8 Å². The number of nitrogens with one attached hydrogen (secondary N) is 1. The minimum Gasteiger partial charge on any atom is -0.396 e. The molecular weight excluding hydrogens is 202 g/mol. The molecule has 0 amide bonds. The molecule has 0 aromatic heterocycles. The van der Waals surface area contributed by atoms with Gasteiger partial charge in [-0.1, -0.05) is 13.8 Å². The summed E-state index contributed by atoms with van der Waals surface area (Å²) < 4.78 is 25.8. The van der Waals surface area contributed by atoms with Gasteiger partial charge in [0, 0.05) is 12.6 Å². The first-order valence-corrected chi connectivity index (χ1v) is 6.64. The lowest BCUT2D eigenvalue weighted by molar-refractivity contribution is 0.256. The standard InChI is InChI=1S/C9H19NO3S/c1-7(2)9(5-6-11)10-14(12,13)8-3-4-8/h7-11H,3-6H2,1-2H3. The smallest absolute Gasteiger partial charge is 0.214 e. The summed E-state index contributed by atoms with van der Waals surface area (Å²) in [5.74, 6) is 0.218. The van der Waals surface area contributed by atoms with E-state index in [9.17, 15) is 8.42 Å². The molecule has 1 saturated carbocycles. The first-order chi connectivity index (χ1) is 6.47. The van der Waals surface area contributed by atoms with Gasteiger partial charge in [0.15, 0.2) is 0 Å². The van der Waals surface area contributed by atoms with E-state index in [2.05, 4.69) is 4.72 Å². The fourth-order valence-corrected chi connectivity index (χ4v) is 3.11. The first kappa shape index (κ1) is 11.9. The summed E-state index contributed by atoms with van der Waals surface area (Å²) in [5, 5.41) is 8.62. The third-order valence-corrected chi connectivity index (χ3v) is 4.50. The Balaban J connectivity index is 2.53. The molecule has 1 aliphatic carbocycles. The Morgan fingerprint density at radius 1 is 1.43 bits per heavy atom. The van der Waals surface area contributed by atoms with E-state index in [4.69, 9.17) is 5.11 Å². The van der Waals surface area contributed by atoms with Crippen molar-refractivity contribution in [1.82, 2.24) is 4.72 Å². The van der Waals surface area contributed by atoms with Crippen LogP contribution in [0.4, 0.5) is 0 Å². The predicted molar refractivity (Wildman–Crippen MR) is 55.4 cm³/mol. The maximum Gasteiger partial charge on any atom is 0.214 e. The van der Waals surface area contributed by atoms with Crippen molar-refractivity contribution in [2.45, 2.75) is 44.4 Å². The number of rotatable bonds is 6. The number of aliphatic hydroxyl groups is 1. The van der Waals surface area contributed by atoms with Gasteiger partial charge in [-0.15, -0.1) is 0 Å². The van der Waals surface area contributed by atoms with Gasteiger partial charge >= 0.3 is 0 Å². The monoisotopic (exact) mass is 221 g/mol. The van der Waals surface area contributed by atoms with E-state index in [1.165, 1.54) is 0 Å². The maximum absolute atomic E-state index is 11.6. The van der Waals surface area contributed by atoms with E-state index in [1.54, 1.807) is 0 Å². The van der Waals surface area contributed by atoms with Gasteiger partial charge < -0.3 is 5.11 Å². The third kappa shape index (κ3) is 3.22. The fraction of sp³-hybridized carbons (Fsp3) is 1.00. The van der Waals surface area contributed by atoms with Gasteiger partial charge in [0.2, 0.25) is 10.0 Å². The first-order valence-electron chi connectivity index (χ1n) is 5.09. The normalized spacial score (nSPS) is 20.0. The van der Waals surface area contributed by atoms with Gasteiger partial charge in [0.25, 0.3) is 0 Å². The van der Waals surface area contributed by atoms with Crippen molar-refractivity contribution in [1.29, 1.82) is 0 Å². The molecule has 84 valence electrons. The van der Waals surface area contributed by atoms with Crippen molar-refractivity contribution >= 4 is 10.0 Å². The van der Waals surface area contributed by atoms with E-state index >= 15 is 0 Å². The van der Waals surface area contributed by atoms with Crippen molar-refractivity contribution in [3.8, 4) is 0 Å². The van der Waals surface area contributed by atoms with Gasteiger partial charge in [-0.25, -0.2) is 13.1 Å². The molecular formula is C9H19NO3S. The second-order valence-electron chi connectivity index (χ2n) is 4.23. The largest absolute Gasteiger partial charge is 0.396 e.